The Hall–Kier alpha value is -2.85. The maximum atomic E-state index is 13.4. The SMILES string of the molecule is Cc1ccc(N2CCN(C)CC2)c(C)c1C(=O)N[C@H](C)c1cccc2ccccc12. The van der Waals surface area contributed by atoms with Crippen LogP contribution in [0.2, 0.25) is 0 Å². The summed E-state index contributed by atoms with van der Waals surface area (Å²) in [5.74, 6) is 0.00131. The van der Waals surface area contributed by atoms with Gasteiger partial charge in [0, 0.05) is 37.4 Å². The lowest BCUT2D eigenvalue weighted by molar-refractivity contribution is 0.0939. The Labute approximate surface area is 179 Å². The molecule has 0 aliphatic carbocycles. The number of amides is 1. The van der Waals surface area contributed by atoms with E-state index in [2.05, 4.69) is 78.5 Å². The first-order valence-corrected chi connectivity index (χ1v) is 10.8. The van der Waals surface area contributed by atoms with Crippen molar-refractivity contribution in [2.75, 3.05) is 38.1 Å². The van der Waals surface area contributed by atoms with Crippen molar-refractivity contribution in [1.82, 2.24) is 10.2 Å². The number of piperazine rings is 1. The lowest BCUT2D eigenvalue weighted by Gasteiger charge is -2.35. The predicted molar refractivity (Wildman–Crippen MR) is 125 cm³/mol. The average molecular weight is 402 g/mol. The highest BCUT2D eigenvalue weighted by atomic mass is 16.1. The monoisotopic (exact) mass is 401 g/mol. The van der Waals surface area contributed by atoms with Gasteiger partial charge in [-0.25, -0.2) is 0 Å². The minimum Gasteiger partial charge on any atom is -0.369 e. The molecule has 1 fully saturated rings. The molecule has 3 aromatic rings. The zero-order valence-electron chi connectivity index (χ0n) is 18.4. The molecular weight excluding hydrogens is 370 g/mol. The number of hydrogen-bond acceptors (Lipinski definition) is 3. The van der Waals surface area contributed by atoms with E-state index in [4.69, 9.17) is 0 Å². The van der Waals surface area contributed by atoms with Gasteiger partial charge in [-0.05, 0) is 61.3 Å². The minimum atomic E-state index is -0.0744. The zero-order chi connectivity index (χ0) is 21.3. The lowest BCUT2D eigenvalue weighted by Crippen LogP contribution is -2.45. The van der Waals surface area contributed by atoms with Gasteiger partial charge in [-0.1, -0.05) is 48.5 Å². The minimum absolute atomic E-state index is 0.00131. The van der Waals surface area contributed by atoms with Crippen molar-refractivity contribution in [2.24, 2.45) is 0 Å². The Morgan fingerprint density at radius 3 is 2.40 bits per heavy atom. The summed E-state index contributed by atoms with van der Waals surface area (Å²) in [7, 11) is 2.16. The van der Waals surface area contributed by atoms with Crippen molar-refractivity contribution in [3.8, 4) is 0 Å². The van der Waals surface area contributed by atoms with Gasteiger partial charge >= 0.3 is 0 Å². The van der Waals surface area contributed by atoms with Crippen molar-refractivity contribution >= 4 is 22.4 Å². The van der Waals surface area contributed by atoms with Gasteiger partial charge in [0.25, 0.3) is 5.91 Å². The molecule has 1 heterocycles. The van der Waals surface area contributed by atoms with E-state index in [0.29, 0.717) is 0 Å². The molecule has 0 spiro atoms. The summed E-state index contributed by atoms with van der Waals surface area (Å²) in [6.07, 6.45) is 0. The highest BCUT2D eigenvalue weighted by Gasteiger charge is 2.22. The Morgan fingerprint density at radius 2 is 1.63 bits per heavy atom. The number of likely N-dealkylation sites (N-methyl/N-ethyl adjacent to an activating group) is 1. The molecule has 4 nitrogen and oxygen atoms in total. The summed E-state index contributed by atoms with van der Waals surface area (Å²) >= 11 is 0. The van der Waals surface area contributed by atoms with E-state index in [0.717, 1.165) is 48.4 Å². The van der Waals surface area contributed by atoms with Crippen molar-refractivity contribution in [3.05, 3.63) is 76.9 Å². The topological polar surface area (TPSA) is 35.6 Å². The van der Waals surface area contributed by atoms with Crippen LogP contribution < -0.4 is 10.2 Å². The van der Waals surface area contributed by atoms with Crippen LogP contribution >= 0.6 is 0 Å². The van der Waals surface area contributed by atoms with Gasteiger partial charge in [-0.15, -0.1) is 0 Å². The van der Waals surface area contributed by atoms with Gasteiger partial charge in [0.05, 0.1) is 6.04 Å². The Morgan fingerprint density at radius 1 is 0.933 bits per heavy atom. The molecule has 0 unspecified atom stereocenters. The number of nitrogens with zero attached hydrogens (tertiary/aromatic N) is 2. The molecule has 0 aromatic heterocycles. The van der Waals surface area contributed by atoms with Crippen LogP contribution in [-0.4, -0.2) is 44.0 Å². The molecule has 0 radical (unpaired) electrons. The summed E-state index contributed by atoms with van der Waals surface area (Å²) in [5, 5.41) is 5.64. The summed E-state index contributed by atoms with van der Waals surface area (Å²) < 4.78 is 0. The third kappa shape index (κ3) is 3.92. The molecule has 4 heteroatoms. The van der Waals surface area contributed by atoms with Gasteiger partial charge in [-0.2, -0.15) is 0 Å². The quantitative estimate of drug-likeness (QED) is 0.688. The van der Waals surface area contributed by atoms with Gasteiger partial charge in [-0.3, -0.25) is 4.79 Å². The number of fused-ring (bicyclic) bond motifs is 1. The average Bonchev–Trinajstić information content (AvgIpc) is 2.74. The fourth-order valence-electron chi connectivity index (χ4n) is 4.55. The number of benzene rings is 3. The van der Waals surface area contributed by atoms with Crippen LogP contribution in [0.1, 0.15) is 40.0 Å². The molecule has 0 bridgehead atoms. The Kier molecular flexibility index (Phi) is 5.78. The summed E-state index contributed by atoms with van der Waals surface area (Å²) in [5.41, 5.74) is 5.22. The maximum absolute atomic E-state index is 13.4. The van der Waals surface area contributed by atoms with E-state index in [1.54, 1.807) is 0 Å². The van der Waals surface area contributed by atoms with Crippen LogP contribution in [0, 0.1) is 13.8 Å². The van der Waals surface area contributed by atoms with Crippen LogP contribution in [0.25, 0.3) is 10.8 Å². The van der Waals surface area contributed by atoms with Gasteiger partial charge < -0.3 is 15.1 Å². The molecule has 1 N–H and O–H groups in total. The van der Waals surface area contributed by atoms with E-state index < -0.39 is 0 Å². The third-order valence-corrected chi connectivity index (χ3v) is 6.35. The lowest BCUT2D eigenvalue weighted by atomic mass is 9.97. The number of rotatable bonds is 4. The molecular formula is C26H31N3O. The molecule has 30 heavy (non-hydrogen) atoms. The predicted octanol–water partition coefficient (Wildman–Crippen LogP) is 4.70. The third-order valence-electron chi connectivity index (χ3n) is 6.35. The van der Waals surface area contributed by atoms with Crippen molar-refractivity contribution < 1.29 is 4.79 Å². The number of nitrogens with one attached hydrogen (secondary N) is 1. The number of carbonyl (C=O) groups excluding carboxylic acids is 1. The summed E-state index contributed by atoms with van der Waals surface area (Å²) in [6.45, 7) is 10.3. The normalized spacial score (nSPS) is 15.9. The molecule has 0 saturated carbocycles. The Balaban J connectivity index is 1.61. The molecule has 1 aliphatic rings. The smallest absolute Gasteiger partial charge is 0.252 e. The molecule has 4 rings (SSSR count). The second-order valence-electron chi connectivity index (χ2n) is 8.46. The highest BCUT2D eigenvalue weighted by Crippen LogP contribution is 2.29. The van der Waals surface area contributed by atoms with Crippen LogP contribution in [0.3, 0.4) is 0 Å². The largest absolute Gasteiger partial charge is 0.369 e. The molecule has 1 amide bonds. The number of carbonyl (C=O) groups is 1. The second kappa shape index (κ2) is 8.49. The maximum Gasteiger partial charge on any atom is 0.252 e. The molecule has 1 atom stereocenters. The van der Waals surface area contributed by atoms with E-state index in [-0.39, 0.29) is 11.9 Å². The first-order valence-electron chi connectivity index (χ1n) is 10.8. The van der Waals surface area contributed by atoms with Crippen LogP contribution in [0.4, 0.5) is 5.69 Å². The van der Waals surface area contributed by atoms with Crippen LogP contribution in [0.5, 0.6) is 0 Å². The van der Waals surface area contributed by atoms with Crippen LogP contribution in [0.15, 0.2) is 54.6 Å². The molecule has 1 aliphatic heterocycles. The summed E-state index contributed by atoms with van der Waals surface area (Å²) in [6, 6.07) is 18.8. The van der Waals surface area contributed by atoms with Crippen molar-refractivity contribution in [1.29, 1.82) is 0 Å². The van der Waals surface area contributed by atoms with E-state index in [9.17, 15) is 4.79 Å². The van der Waals surface area contributed by atoms with E-state index >= 15 is 0 Å². The Bertz CT molecular complexity index is 1060. The number of anilines is 1. The van der Waals surface area contributed by atoms with E-state index in [1.807, 2.05) is 19.1 Å². The number of aryl methyl sites for hydroxylation is 1. The first-order chi connectivity index (χ1) is 14.5. The highest BCUT2D eigenvalue weighted by molar-refractivity contribution is 5.99. The second-order valence-corrected chi connectivity index (χ2v) is 8.46. The summed E-state index contributed by atoms with van der Waals surface area (Å²) in [4.78, 5) is 18.1. The van der Waals surface area contributed by atoms with E-state index in [1.165, 1.54) is 16.5 Å². The van der Waals surface area contributed by atoms with Crippen LogP contribution in [-0.2, 0) is 0 Å². The van der Waals surface area contributed by atoms with Gasteiger partial charge in [0.2, 0.25) is 0 Å². The van der Waals surface area contributed by atoms with Crippen molar-refractivity contribution in [2.45, 2.75) is 26.8 Å². The van der Waals surface area contributed by atoms with Gasteiger partial charge in [0.1, 0.15) is 0 Å². The molecule has 1 saturated heterocycles. The molecule has 3 aromatic carbocycles. The van der Waals surface area contributed by atoms with Gasteiger partial charge in [0.15, 0.2) is 0 Å². The standard InChI is InChI=1S/C26H31N3O/c1-18-12-13-24(29-16-14-28(4)15-17-29)19(2)25(18)26(30)27-20(3)22-11-7-9-21-8-5-6-10-23(21)22/h5-13,20H,14-17H2,1-4H3,(H,27,30)/t20-/m1/s1. The number of hydrogen-bond donors (Lipinski definition) is 1. The van der Waals surface area contributed by atoms with Crippen molar-refractivity contribution in [3.63, 3.8) is 0 Å². The first kappa shape index (κ1) is 20.4. The molecule has 156 valence electrons. The fourth-order valence-corrected chi connectivity index (χ4v) is 4.55. The fraction of sp³-hybridized carbons (Fsp3) is 0.346. The zero-order valence-corrected chi connectivity index (χ0v) is 18.4.